The van der Waals surface area contributed by atoms with Crippen molar-refractivity contribution in [2.45, 2.75) is 24.0 Å². The molecule has 0 radical (unpaired) electrons. The summed E-state index contributed by atoms with van der Waals surface area (Å²) in [5, 5.41) is 6.64. The van der Waals surface area contributed by atoms with Crippen LogP contribution in [0.2, 0.25) is 0 Å². The zero-order chi connectivity index (χ0) is 18.3. The van der Waals surface area contributed by atoms with Gasteiger partial charge >= 0.3 is 6.03 Å². The fourth-order valence-corrected chi connectivity index (χ4v) is 5.02. The lowest BCUT2D eigenvalue weighted by Gasteiger charge is -2.33. The monoisotopic (exact) mass is 388 g/mol. The quantitative estimate of drug-likeness (QED) is 0.670. The minimum Gasteiger partial charge on any atom is -0.338 e. The lowest BCUT2D eigenvalue weighted by Crippen LogP contribution is -2.52. The highest BCUT2D eigenvalue weighted by Gasteiger charge is 2.29. The molecule has 1 aromatic heterocycles. The third-order valence-electron chi connectivity index (χ3n) is 3.86. The van der Waals surface area contributed by atoms with E-state index in [1.807, 2.05) is 11.8 Å². The molecule has 3 amide bonds. The highest BCUT2D eigenvalue weighted by atomic mass is 32.2. The van der Waals surface area contributed by atoms with E-state index >= 15 is 0 Å². The first-order valence-corrected chi connectivity index (χ1v) is 10.6. The van der Waals surface area contributed by atoms with Crippen molar-refractivity contribution in [2.75, 3.05) is 39.3 Å². The number of hydrogen-bond donors (Lipinski definition) is 2. The number of carbonyl (C=O) groups is 2. The second-order valence-corrected chi connectivity index (χ2v) is 8.88. The largest absolute Gasteiger partial charge is 0.338 e. The van der Waals surface area contributed by atoms with Crippen LogP contribution < -0.4 is 10.6 Å². The van der Waals surface area contributed by atoms with Gasteiger partial charge in [-0.1, -0.05) is 19.4 Å². The minimum absolute atomic E-state index is 0.0775. The number of hydrogen-bond acceptors (Lipinski definition) is 6. The van der Waals surface area contributed by atoms with Gasteiger partial charge in [0.25, 0.3) is 10.0 Å². The maximum absolute atomic E-state index is 12.4. The summed E-state index contributed by atoms with van der Waals surface area (Å²) in [6.07, 6.45) is 1.83. The Labute approximate surface area is 152 Å². The molecule has 0 saturated carbocycles. The average molecular weight is 389 g/mol. The van der Waals surface area contributed by atoms with Gasteiger partial charge in [-0.15, -0.1) is 11.3 Å². The zero-order valence-electron chi connectivity index (χ0n) is 14.2. The third kappa shape index (κ3) is 5.77. The normalized spacial score (nSPS) is 16.5. The molecule has 8 nitrogen and oxygen atoms in total. The summed E-state index contributed by atoms with van der Waals surface area (Å²) in [6, 6.07) is 2.82. The van der Waals surface area contributed by atoms with E-state index in [9.17, 15) is 18.0 Å². The van der Waals surface area contributed by atoms with E-state index in [0.29, 0.717) is 36.9 Å². The fraction of sp³-hybridized carbons (Fsp3) is 0.600. The van der Waals surface area contributed by atoms with Crippen LogP contribution in [0.1, 0.15) is 19.8 Å². The van der Waals surface area contributed by atoms with Crippen LogP contribution in [-0.2, 0) is 14.8 Å². The molecule has 1 aliphatic rings. The van der Waals surface area contributed by atoms with Gasteiger partial charge in [-0.05, 0) is 17.9 Å². The first-order valence-electron chi connectivity index (χ1n) is 8.27. The molecule has 25 heavy (non-hydrogen) atoms. The second kappa shape index (κ2) is 9.27. The second-order valence-electron chi connectivity index (χ2n) is 5.77. The number of rotatable bonds is 7. The molecule has 1 saturated heterocycles. The van der Waals surface area contributed by atoms with Crippen LogP contribution in [0.15, 0.2) is 21.7 Å². The summed E-state index contributed by atoms with van der Waals surface area (Å²) in [5.41, 5.74) is 0. The van der Waals surface area contributed by atoms with Crippen LogP contribution in [0.5, 0.6) is 0 Å². The van der Waals surface area contributed by atoms with Crippen molar-refractivity contribution in [2.24, 2.45) is 0 Å². The molecule has 2 heterocycles. The van der Waals surface area contributed by atoms with Crippen molar-refractivity contribution in [3.05, 3.63) is 17.5 Å². The summed E-state index contributed by atoms with van der Waals surface area (Å²) in [5.74, 6) is -0.386. The Morgan fingerprint density at radius 3 is 2.56 bits per heavy atom. The van der Waals surface area contributed by atoms with Crippen molar-refractivity contribution < 1.29 is 18.0 Å². The standard InChI is InChI=1S/C15H24N4O4S2/c1-2-3-6-16-15(21)17-13(20)12-18-7-9-19(10-8-18)25(22,23)14-5-4-11-24-14/h4-5,11H,2-3,6-10,12H2,1H3,(H2,16,17,20,21). The first kappa shape index (κ1) is 19.8. The van der Waals surface area contributed by atoms with Crippen molar-refractivity contribution in [1.29, 1.82) is 0 Å². The Morgan fingerprint density at radius 1 is 1.24 bits per heavy atom. The maximum atomic E-state index is 12.4. The molecule has 0 unspecified atom stereocenters. The topological polar surface area (TPSA) is 98.8 Å². The van der Waals surface area contributed by atoms with E-state index in [4.69, 9.17) is 0 Å². The number of unbranched alkanes of at least 4 members (excludes halogenated alkanes) is 1. The molecule has 0 aliphatic carbocycles. The zero-order valence-corrected chi connectivity index (χ0v) is 15.9. The third-order valence-corrected chi connectivity index (χ3v) is 7.13. The van der Waals surface area contributed by atoms with Gasteiger partial charge in [0.05, 0.1) is 6.54 Å². The van der Waals surface area contributed by atoms with Gasteiger partial charge in [-0.25, -0.2) is 13.2 Å². The molecule has 2 N–H and O–H groups in total. The molecular formula is C15H24N4O4S2. The number of urea groups is 1. The van der Waals surface area contributed by atoms with Crippen LogP contribution in [0.25, 0.3) is 0 Å². The van der Waals surface area contributed by atoms with Crippen LogP contribution in [0.4, 0.5) is 4.79 Å². The SMILES string of the molecule is CCCCNC(=O)NC(=O)CN1CCN(S(=O)(=O)c2cccs2)CC1. The summed E-state index contributed by atoms with van der Waals surface area (Å²) in [6.45, 7) is 4.20. The molecule has 1 fully saturated rings. The van der Waals surface area contributed by atoms with Gasteiger partial charge < -0.3 is 5.32 Å². The Morgan fingerprint density at radius 2 is 1.96 bits per heavy atom. The number of sulfonamides is 1. The minimum atomic E-state index is -3.44. The molecule has 0 spiro atoms. The van der Waals surface area contributed by atoms with Crippen LogP contribution in [-0.4, -0.2) is 68.8 Å². The number of nitrogens with zero attached hydrogens (tertiary/aromatic N) is 2. The summed E-state index contributed by atoms with van der Waals surface area (Å²) >= 11 is 1.20. The Bertz CT molecular complexity index is 668. The van der Waals surface area contributed by atoms with Crippen molar-refractivity contribution >= 4 is 33.3 Å². The predicted octanol–water partition coefficient (Wildman–Crippen LogP) is 0.680. The van der Waals surface area contributed by atoms with E-state index in [0.717, 1.165) is 12.8 Å². The maximum Gasteiger partial charge on any atom is 0.321 e. The molecule has 1 aromatic rings. The van der Waals surface area contributed by atoms with Crippen molar-refractivity contribution in [3.8, 4) is 0 Å². The number of piperazine rings is 1. The molecule has 10 heteroatoms. The van der Waals surface area contributed by atoms with E-state index in [1.54, 1.807) is 17.5 Å². The van der Waals surface area contributed by atoms with E-state index in [1.165, 1.54) is 15.6 Å². The highest BCUT2D eigenvalue weighted by Crippen LogP contribution is 2.21. The van der Waals surface area contributed by atoms with Crippen LogP contribution >= 0.6 is 11.3 Å². The molecule has 140 valence electrons. The number of imide groups is 1. The molecular weight excluding hydrogens is 364 g/mol. The fourth-order valence-electron chi connectivity index (χ4n) is 2.46. The van der Waals surface area contributed by atoms with E-state index < -0.39 is 16.1 Å². The molecule has 0 aromatic carbocycles. The molecule has 0 bridgehead atoms. The lowest BCUT2D eigenvalue weighted by atomic mass is 10.3. The molecule has 1 aliphatic heterocycles. The predicted molar refractivity (Wildman–Crippen MR) is 96.0 cm³/mol. The number of thiophene rings is 1. The van der Waals surface area contributed by atoms with Gasteiger partial charge in [-0.2, -0.15) is 4.31 Å². The van der Waals surface area contributed by atoms with Crippen LogP contribution in [0, 0.1) is 0 Å². The van der Waals surface area contributed by atoms with Gasteiger partial charge in [-0.3, -0.25) is 15.0 Å². The number of carbonyl (C=O) groups excluding carboxylic acids is 2. The van der Waals surface area contributed by atoms with Gasteiger partial charge in [0.15, 0.2) is 0 Å². The summed E-state index contributed by atoms with van der Waals surface area (Å²) < 4.78 is 26.6. The van der Waals surface area contributed by atoms with Crippen molar-refractivity contribution in [1.82, 2.24) is 19.8 Å². The lowest BCUT2D eigenvalue weighted by molar-refractivity contribution is -0.121. The summed E-state index contributed by atoms with van der Waals surface area (Å²) in [7, 11) is -3.44. The Balaban J connectivity index is 1.75. The summed E-state index contributed by atoms with van der Waals surface area (Å²) in [4.78, 5) is 25.3. The highest BCUT2D eigenvalue weighted by molar-refractivity contribution is 7.91. The Kier molecular flexibility index (Phi) is 7.36. The van der Waals surface area contributed by atoms with Gasteiger partial charge in [0, 0.05) is 32.7 Å². The van der Waals surface area contributed by atoms with Gasteiger partial charge in [0.2, 0.25) is 5.91 Å². The Hall–Kier alpha value is -1.49. The van der Waals surface area contributed by atoms with E-state index in [2.05, 4.69) is 10.6 Å². The average Bonchev–Trinajstić information content (AvgIpc) is 3.10. The molecule has 0 atom stereocenters. The first-order chi connectivity index (χ1) is 11.9. The number of amides is 3. The smallest absolute Gasteiger partial charge is 0.321 e. The van der Waals surface area contributed by atoms with Crippen molar-refractivity contribution in [3.63, 3.8) is 0 Å². The van der Waals surface area contributed by atoms with Gasteiger partial charge in [0.1, 0.15) is 4.21 Å². The van der Waals surface area contributed by atoms with Crippen LogP contribution in [0.3, 0.4) is 0 Å². The van der Waals surface area contributed by atoms with E-state index in [-0.39, 0.29) is 12.5 Å². The molecule has 2 rings (SSSR count). The number of nitrogens with one attached hydrogen (secondary N) is 2.